The molecule has 3 nitrogen and oxygen atoms in total. The molecule has 1 aromatic rings. The molecule has 0 saturated carbocycles. The van der Waals surface area contributed by atoms with E-state index < -0.39 is 5.51 Å². The van der Waals surface area contributed by atoms with Gasteiger partial charge in [0, 0.05) is 40.8 Å². The number of benzene rings is 1. The van der Waals surface area contributed by atoms with Gasteiger partial charge in [-0.05, 0) is 82.5 Å². The number of rotatable bonds is 4. The summed E-state index contributed by atoms with van der Waals surface area (Å²) in [5, 5.41) is 0. The van der Waals surface area contributed by atoms with Crippen molar-refractivity contribution >= 4 is 23.4 Å². The third kappa shape index (κ3) is 4.74. The lowest BCUT2D eigenvalue weighted by molar-refractivity contribution is -0.113. The smallest absolute Gasteiger partial charge is 0.305 e. The van der Waals surface area contributed by atoms with Crippen LogP contribution >= 0.6 is 11.8 Å². The third-order valence-corrected chi connectivity index (χ3v) is 6.44. The first kappa shape index (κ1) is 21.2. The van der Waals surface area contributed by atoms with Gasteiger partial charge in [-0.1, -0.05) is 6.07 Å². The van der Waals surface area contributed by atoms with Crippen LogP contribution < -0.4 is 4.90 Å². The quantitative estimate of drug-likeness (QED) is 0.600. The standard InChI is InChI=1S/C21H27F3N2OS/c1-19(2)9-6-10-20(3,4)26(19)14-15-11-18(27)25(13-15)16-7-5-8-17(12-16)28-21(22,23)24/h5,7-8,11-12H,6,9-10,13-14H2,1-4H3. The Labute approximate surface area is 169 Å². The molecule has 0 N–H and O–H groups in total. The first-order valence-electron chi connectivity index (χ1n) is 9.52. The van der Waals surface area contributed by atoms with Crippen LogP contribution in [0.25, 0.3) is 0 Å². The molecule has 0 aromatic heterocycles. The van der Waals surface area contributed by atoms with Crippen LogP contribution in [-0.2, 0) is 4.79 Å². The van der Waals surface area contributed by atoms with Crippen molar-refractivity contribution in [1.82, 2.24) is 4.90 Å². The van der Waals surface area contributed by atoms with Gasteiger partial charge < -0.3 is 4.90 Å². The molecular formula is C21H27F3N2OS. The maximum atomic E-state index is 12.7. The summed E-state index contributed by atoms with van der Waals surface area (Å²) in [7, 11) is 0. The minimum atomic E-state index is -4.34. The average Bonchev–Trinajstić information content (AvgIpc) is 2.90. The second-order valence-corrected chi connectivity index (χ2v) is 9.98. The summed E-state index contributed by atoms with van der Waals surface area (Å²) in [4.78, 5) is 16.7. The second kappa shape index (κ2) is 7.41. The highest BCUT2D eigenvalue weighted by atomic mass is 32.2. The normalized spacial score (nSPS) is 22.5. The van der Waals surface area contributed by atoms with E-state index in [0.717, 1.165) is 18.4 Å². The molecule has 2 aliphatic rings. The van der Waals surface area contributed by atoms with Crippen LogP contribution in [0.3, 0.4) is 0 Å². The minimum absolute atomic E-state index is 0.0440. The van der Waals surface area contributed by atoms with E-state index in [4.69, 9.17) is 0 Å². The minimum Gasteiger partial charge on any atom is -0.305 e. The Balaban J connectivity index is 1.75. The molecule has 0 radical (unpaired) electrons. The number of piperidine rings is 1. The summed E-state index contributed by atoms with van der Waals surface area (Å²) in [5.74, 6) is -0.170. The largest absolute Gasteiger partial charge is 0.446 e. The third-order valence-electron chi connectivity index (χ3n) is 5.72. The molecule has 2 heterocycles. The Morgan fingerprint density at radius 1 is 1.11 bits per heavy atom. The van der Waals surface area contributed by atoms with Crippen LogP contribution in [-0.4, -0.2) is 40.5 Å². The van der Waals surface area contributed by atoms with E-state index in [1.165, 1.54) is 18.6 Å². The Bertz CT molecular complexity index is 770. The van der Waals surface area contributed by atoms with Crippen molar-refractivity contribution in [2.45, 2.75) is 68.4 Å². The number of likely N-dealkylation sites (tertiary alicyclic amines) is 1. The van der Waals surface area contributed by atoms with Gasteiger partial charge in [-0.15, -0.1) is 0 Å². The van der Waals surface area contributed by atoms with Gasteiger partial charge in [0.1, 0.15) is 0 Å². The predicted molar refractivity (Wildman–Crippen MR) is 108 cm³/mol. The van der Waals surface area contributed by atoms with Crippen molar-refractivity contribution in [1.29, 1.82) is 0 Å². The predicted octanol–water partition coefficient (Wildman–Crippen LogP) is 5.61. The molecule has 0 aliphatic carbocycles. The van der Waals surface area contributed by atoms with Crippen LogP contribution in [0.4, 0.5) is 18.9 Å². The van der Waals surface area contributed by atoms with E-state index >= 15 is 0 Å². The summed E-state index contributed by atoms with van der Waals surface area (Å²) in [6.07, 6.45) is 5.05. The van der Waals surface area contributed by atoms with E-state index in [-0.39, 0.29) is 33.6 Å². The van der Waals surface area contributed by atoms with E-state index in [2.05, 4.69) is 32.6 Å². The van der Waals surface area contributed by atoms with Crippen molar-refractivity contribution in [3.63, 3.8) is 0 Å². The number of anilines is 1. The van der Waals surface area contributed by atoms with Gasteiger partial charge in [-0.2, -0.15) is 13.2 Å². The first-order chi connectivity index (χ1) is 12.9. The molecule has 1 amide bonds. The van der Waals surface area contributed by atoms with Gasteiger partial charge >= 0.3 is 5.51 Å². The molecule has 28 heavy (non-hydrogen) atoms. The maximum Gasteiger partial charge on any atom is 0.446 e. The summed E-state index contributed by atoms with van der Waals surface area (Å²) in [6.45, 7) is 10.1. The highest BCUT2D eigenvalue weighted by Gasteiger charge is 2.42. The van der Waals surface area contributed by atoms with Gasteiger partial charge in [-0.25, -0.2) is 0 Å². The van der Waals surface area contributed by atoms with E-state index in [1.807, 2.05) is 0 Å². The lowest BCUT2D eigenvalue weighted by Gasteiger charge is -2.53. The number of alkyl halides is 3. The number of carbonyl (C=O) groups is 1. The zero-order valence-electron chi connectivity index (χ0n) is 16.8. The topological polar surface area (TPSA) is 23.6 Å². The molecule has 1 fully saturated rings. The SMILES string of the molecule is CC1(C)CCCC(C)(C)N1CC1=CC(=O)N(c2cccc(SC(F)(F)F)c2)C1. The number of carbonyl (C=O) groups excluding carboxylic acids is 1. The fourth-order valence-electron chi connectivity index (χ4n) is 4.42. The number of hydrogen-bond acceptors (Lipinski definition) is 3. The van der Waals surface area contributed by atoms with Crippen LogP contribution in [0.2, 0.25) is 0 Å². The van der Waals surface area contributed by atoms with Crippen LogP contribution in [0.15, 0.2) is 40.8 Å². The monoisotopic (exact) mass is 412 g/mol. The summed E-state index contributed by atoms with van der Waals surface area (Å²) < 4.78 is 38.0. The highest BCUT2D eigenvalue weighted by molar-refractivity contribution is 8.00. The maximum absolute atomic E-state index is 12.7. The summed E-state index contributed by atoms with van der Waals surface area (Å²) in [5.41, 5.74) is -2.75. The van der Waals surface area contributed by atoms with E-state index in [9.17, 15) is 18.0 Å². The van der Waals surface area contributed by atoms with E-state index in [1.54, 1.807) is 23.1 Å². The number of amides is 1. The number of halogens is 3. The Hall–Kier alpha value is -1.47. The zero-order valence-corrected chi connectivity index (χ0v) is 17.6. The van der Waals surface area contributed by atoms with Gasteiger partial charge in [-0.3, -0.25) is 9.69 Å². The lowest BCUT2D eigenvalue weighted by Crippen LogP contribution is -2.59. The summed E-state index contributed by atoms with van der Waals surface area (Å²) >= 11 is -0.160. The lowest BCUT2D eigenvalue weighted by atomic mass is 9.79. The molecule has 154 valence electrons. The molecule has 0 atom stereocenters. The number of hydrogen-bond donors (Lipinski definition) is 0. The Kier molecular flexibility index (Phi) is 5.62. The molecule has 3 rings (SSSR count). The average molecular weight is 413 g/mol. The van der Waals surface area contributed by atoms with Crippen molar-refractivity contribution < 1.29 is 18.0 Å². The number of thioether (sulfide) groups is 1. The Morgan fingerprint density at radius 2 is 1.75 bits per heavy atom. The van der Waals surface area contributed by atoms with Gasteiger partial charge in [0.15, 0.2) is 0 Å². The molecule has 0 unspecified atom stereocenters. The molecular weight excluding hydrogens is 385 g/mol. The first-order valence-corrected chi connectivity index (χ1v) is 10.3. The van der Waals surface area contributed by atoms with E-state index in [0.29, 0.717) is 18.8 Å². The van der Waals surface area contributed by atoms with Gasteiger partial charge in [0.25, 0.3) is 5.91 Å². The van der Waals surface area contributed by atoms with Crippen LogP contribution in [0.1, 0.15) is 47.0 Å². The van der Waals surface area contributed by atoms with Crippen molar-refractivity contribution in [3.8, 4) is 0 Å². The van der Waals surface area contributed by atoms with Gasteiger partial charge in [0.05, 0.1) is 0 Å². The molecule has 2 aliphatic heterocycles. The van der Waals surface area contributed by atoms with Crippen LogP contribution in [0, 0.1) is 0 Å². The number of nitrogens with zero attached hydrogens (tertiary/aromatic N) is 2. The van der Waals surface area contributed by atoms with Crippen LogP contribution in [0.5, 0.6) is 0 Å². The summed E-state index contributed by atoms with van der Waals surface area (Å²) in [6, 6.07) is 6.09. The zero-order chi connectivity index (χ0) is 20.7. The fourth-order valence-corrected chi connectivity index (χ4v) is 5.01. The van der Waals surface area contributed by atoms with Gasteiger partial charge in [0.2, 0.25) is 0 Å². The molecule has 1 aromatic carbocycles. The molecule has 0 bridgehead atoms. The van der Waals surface area contributed by atoms with Crippen molar-refractivity contribution in [2.75, 3.05) is 18.0 Å². The van der Waals surface area contributed by atoms with Crippen molar-refractivity contribution in [3.05, 3.63) is 35.9 Å². The molecule has 1 saturated heterocycles. The fraction of sp³-hybridized carbons (Fsp3) is 0.571. The highest BCUT2D eigenvalue weighted by Crippen LogP contribution is 2.40. The van der Waals surface area contributed by atoms with Crippen molar-refractivity contribution in [2.24, 2.45) is 0 Å². The Morgan fingerprint density at radius 3 is 2.36 bits per heavy atom. The second-order valence-electron chi connectivity index (χ2n) is 8.84. The molecule has 7 heteroatoms. The molecule has 0 spiro atoms.